The number of hydrogen-bond donors (Lipinski definition) is 1. The summed E-state index contributed by atoms with van der Waals surface area (Å²) in [5, 5.41) is 2.20. The van der Waals surface area contributed by atoms with E-state index in [2.05, 4.69) is 5.32 Å². The van der Waals surface area contributed by atoms with Crippen LogP contribution in [0.25, 0.3) is 5.57 Å². The molecule has 0 fully saturated rings. The summed E-state index contributed by atoms with van der Waals surface area (Å²) in [4.78, 5) is 11.7. The summed E-state index contributed by atoms with van der Waals surface area (Å²) < 4.78 is 52.2. The molecular weight excluding hydrogens is 298 g/mol. The van der Waals surface area contributed by atoms with Crippen molar-refractivity contribution in [1.82, 2.24) is 0 Å². The quantitative estimate of drug-likeness (QED) is 0.660. The van der Waals surface area contributed by atoms with Gasteiger partial charge in [0, 0.05) is 11.8 Å². The van der Waals surface area contributed by atoms with Crippen LogP contribution in [0.5, 0.6) is 0 Å². The van der Waals surface area contributed by atoms with Crippen LogP contribution in [0.15, 0.2) is 60.7 Å². The monoisotopic (exact) mass is 309 g/mol. The first kappa shape index (κ1) is 15.8. The number of nitrogens with one attached hydrogen (secondary N) is 1. The minimum atomic E-state index is -4.68. The van der Waals surface area contributed by atoms with E-state index in [1.807, 2.05) is 0 Å². The van der Waals surface area contributed by atoms with E-state index in [1.165, 1.54) is 36.4 Å². The fourth-order valence-electron chi connectivity index (χ4n) is 1.82. The van der Waals surface area contributed by atoms with Crippen LogP contribution in [0.1, 0.15) is 5.56 Å². The summed E-state index contributed by atoms with van der Waals surface area (Å²) in [7, 11) is 0. The van der Waals surface area contributed by atoms with E-state index in [0.29, 0.717) is 6.08 Å². The van der Waals surface area contributed by atoms with Gasteiger partial charge in [0.05, 0.1) is 5.57 Å². The lowest BCUT2D eigenvalue weighted by atomic mass is 10.1. The zero-order valence-electron chi connectivity index (χ0n) is 11.2. The zero-order valence-corrected chi connectivity index (χ0v) is 11.2. The van der Waals surface area contributed by atoms with Crippen molar-refractivity contribution in [3.63, 3.8) is 0 Å². The van der Waals surface area contributed by atoms with Crippen LogP contribution in [0.2, 0.25) is 0 Å². The van der Waals surface area contributed by atoms with Gasteiger partial charge in [0.15, 0.2) is 0 Å². The molecule has 2 aromatic carbocycles. The molecule has 0 bridgehead atoms. The first-order chi connectivity index (χ1) is 10.4. The van der Waals surface area contributed by atoms with Crippen molar-refractivity contribution >= 4 is 17.2 Å². The van der Waals surface area contributed by atoms with Gasteiger partial charge in [-0.2, -0.15) is 13.2 Å². The molecule has 0 heterocycles. The Morgan fingerprint density at radius 1 is 1.00 bits per heavy atom. The molecule has 0 saturated heterocycles. The number of hydrogen-bond acceptors (Lipinski definition) is 1. The molecule has 0 saturated carbocycles. The van der Waals surface area contributed by atoms with E-state index in [4.69, 9.17) is 0 Å². The number of benzene rings is 2. The van der Waals surface area contributed by atoms with Crippen molar-refractivity contribution in [3.05, 3.63) is 72.1 Å². The second kappa shape index (κ2) is 6.43. The maximum Gasteiger partial charge on any atom is 0.417 e. The summed E-state index contributed by atoms with van der Waals surface area (Å²) >= 11 is 0. The molecule has 1 N–H and O–H groups in total. The summed E-state index contributed by atoms with van der Waals surface area (Å²) in [5.74, 6) is -1.58. The molecule has 0 aliphatic carbocycles. The zero-order chi connectivity index (χ0) is 16.2. The number of anilines is 1. The van der Waals surface area contributed by atoms with Crippen LogP contribution in [0.3, 0.4) is 0 Å². The molecule has 1 amide bonds. The molecule has 0 aliphatic rings. The second-order valence-electron chi connectivity index (χ2n) is 4.42. The molecule has 22 heavy (non-hydrogen) atoms. The van der Waals surface area contributed by atoms with Gasteiger partial charge in [-0.25, -0.2) is 4.39 Å². The summed E-state index contributed by atoms with van der Waals surface area (Å²) in [6.45, 7) is 0. The highest BCUT2D eigenvalue weighted by Crippen LogP contribution is 2.33. The Morgan fingerprint density at radius 2 is 1.68 bits per heavy atom. The minimum Gasteiger partial charge on any atom is -0.322 e. The highest BCUT2D eigenvalue weighted by molar-refractivity contribution is 6.04. The third-order valence-electron chi connectivity index (χ3n) is 2.76. The van der Waals surface area contributed by atoms with Crippen LogP contribution >= 0.6 is 0 Å². The van der Waals surface area contributed by atoms with Crippen LogP contribution in [-0.2, 0) is 4.79 Å². The molecule has 0 spiro atoms. The molecule has 114 valence electrons. The molecule has 2 nitrogen and oxygen atoms in total. The summed E-state index contributed by atoms with van der Waals surface area (Å²) in [6, 6.07) is 11.9. The van der Waals surface area contributed by atoms with E-state index in [-0.39, 0.29) is 11.3 Å². The average molecular weight is 309 g/mol. The first-order valence-corrected chi connectivity index (χ1v) is 6.27. The molecule has 6 heteroatoms. The standard InChI is InChI=1S/C16H11F4NO/c17-12-7-4-8-13(9-12)21-15(22)10-14(16(18,19)20)11-5-2-1-3-6-11/h1-10H,(H,21,22)/b14-10-. The Hall–Kier alpha value is -2.63. The Labute approximate surface area is 124 Å². The van der Waals surface area contributed by atoms with Crippen molar-refractivity contribution in [2.45, 2.75) is 6.18 Å². The van der Waals surface area contributed by atoms with Crippen molar-refractivity contribution < 1.29 is 22.4 Å². The SMILES string of the molecule is O=C(/C=C(/c1ccccc1)C(F)(F)F)Nc1cccc(F)c1. The number of allylic oxidation sites excluding steroid dienone is 1. The lowest BCUT2D eigenvalue weighted by Gasteiger charge is -2.12. The van der Waals surface area contributed by atoms with Crippen LogP contribution in [0.4, 0.5) is 23.2 Å². The largest absolute Gasteiger partial charge is 0.417 e. The Kier molecular flexibility index (Phi) is 4.60. The topological polar surface area (TPSA) is 29.1 Å². The maximum absolute atomic E-state index is 13.1. The molecule has 0 atom stereocenters. The third kappa shape index (κ3) is 4.18. The van der Waals surface area contributed by atoms with Crippen LogP contribution < -0.4 is 5.32 Å². The Morgan fingerprint density at radius 3 is 2.27 bits per heavy atom. The smallest absolute Gasteiger partial charge is 0.322 e. The molecular formula is C16H11F4NO. The normalized spacial score (nSPS) is 12.1. The van der Waals surface area contributed by atoms with Gasteiger partial charge in [-0.05, 0) is 23.8 Å². The second-order valence-corrected chi connectivity index (χ2v) is 4.42. The van der Waals surface area contributed by atoms with E-state index in [0.717, 1.165) is 12.1 Å². The predicted octanol–water partition coefficient (Wildman–Crippen LogP) is 4.41. The lowest BCUT2D eigenvalue weighted by molar-refractivity contribution is -0.112. The van der Waals surface area contributed by atoms with E-state index in [9.17, 15) is 22.4 Å². The van der Waals surface area contributed by atoms with Crippen LogP contribution in [0, 0.1) is 5.82 Å². The molecule has 0 radical (unpaired) electrons. The average Bonchev–Trinajstić information content (AvgIpc) is 2.44. The fraction of sp³-hybridized carbons (Fsp3) is 0.0625. The van der Waals surface area contributed by atoms with Gasteiger partial charge in [0.1, 0.15) is 5.82 Å². The molecule has 0 aromatic heterocycles. The van der Waals surface area contributed by atoms with E-state index >= 15 is 0 Å². The third-order valence-corrected chi connectivity index (χ3v) is 2.76. The van der Waals surface area contributed by atoms with Gasteiger partial charge in [0.2, 0.25) is 5.91 Å². The number of carbonyl (C=O) groups excluding carboxylic acids is 1. The van der Waals surface area contributed by atoms with E-state index in [1.54, 1.807) is 6.07 Å². The number of rotatable bonds is 3. The van der Waals surface area contributed by atoms with Gasteiger partial charge in [-0.1, -0.05) is 36.4 Å². The lowest BCUT2D eigenvalue weighted by Crippen LogP contribution is -2.16. The highest BCUT2D eigenvalue weighted by Gasteiger charge is 2.35. The molecule has 0 unspecified atom stereocenters. The number of carbonyl (C=O) groups is 1. The van der Waals surface area contributed by atoms with E-state index < -0.39 is 23.5 Å². The van der Waals surface area contributed by atoms with Crippen molar-refractivity contribution in [3.8, 4) is 0 Å². The Balaban J connectivity index is 2.28. The van der Waals surface area contributed by atoms with Gasteiger partial charge in [-0.3, -0.25) is 4.79 Å². The van der Waals surface area contributed by atoms with Crippen LogP contribution in [-0.4, -0.2) is 12.1 Å². The van der Waals surface area contributed by atoms with Crippen molar-refractivity contribution in [2.24, 2.45) is 0 Å². The highest BCUT2D eigenvalue weighted by atomic mass is 19.4. The maximum atomic E-state index is 13.1. The van der Waals surface area contributed by atoms with Gasteiger partial charge in [0.25, 0.3) is 0 Å². The summed E-state index contributed by atoms with van der Waals surface area (Å²) in [6.07, 6.45) is -4.22. The van der Waals surface area contributed by atoms with Crippen molar-refractivity contribution in [2.75, 3.05) is 5.32 Å². The Bertz CT molecular complexity index is 693. The number of halogens is 4. The molecule has 2 aromatic rings. The van der Waals surface area contributed by atoms with Crippen molar-refractivity contribution in [1.29, 1.82) is 0 Å². The number of alkyl halides is 3. The first-order valence-electron chi connectivity index (χ1n) is 6.27. The fourth-order valence-corrected chi connectivity index (χ4v) is 1.82. The minimum absolute atomic E-state index is 0.0795. The summed E-state index contributed by atoms with van der Waals surface area (Å²) in [5.41, 5.74) is -1.11. The van der Waals surface area contributed by atoms with Gasteiger partial charge >= 0.3 is 6.18 Å². The molecule has 2 rings (SSSR count). The van der Waals surface area contributed by atoms with Gasteiger partial charge in [-0.15, -0.1) is 0 Å². The predicted molar refractivity (Wildman–Crippen MR) is 75.5 cm³/mol. The number of amides is 1. The molecule has 0 aliphatic heterocycles. The van der Waals surface area contributed by atoms with Gasteiger partial charge < -0.3 is 5.32 Å².